The summed E-state index contributed by atoms with van der Waals surface area (Å²) in [5.41, 5.74) is -2.23. The first kappa shape index (κ1) is 21.4. The van der Waals surface area contributed by atoms with Gasteiger partial charge in [-0.1, -0.05) is 18.1 Å². The number of aryl methyl sites for hydroxylation is 1. The zero-order valence-corrected chi connectivity index (χ0v) is 15.1. The van der Waals surface area contributed by atoms with Gasteiger partial charge in [-0.15, -0.1) is 0 Å². The van der Waals surface area contributed by atoms with Gasteiger partial charge in [-0.05, 0) is 53.9 Å². The van der Waals surface area contributed by atoms with Crippen LogP contribution in [0, 0.1) is 47.9 Å². The second-order valence-electron chi connectivity index (χ2n) is 6.36. The minimum Gasteiger partial charge on any atom is -0.206 e. The van der Waals surface area contributed by atoms with Gasteiger partial charge in [-0.3, -0.25) is 0 Å². The molecule has 0 nitrogen and oxygen atoms in total. The Labute approximate surface area is 165 Å². The molecular formula is C22H10F8. The molecule has 0 aromatic heterocycles. The quantitative estimate of drug-likeness (QED) is 0.308. The van der Waals surface area contributed by atoms with Crippen LogP contribution in [0.15, 0.2) is 42.5 Å². The van der Waals surface area contributed by atoms with Gasteiger partial charge in [0.25, 0.3) is 0 Å². The molecule has 0 fully saturated rings. The van der Waals surface area contributed by atoms with Crippen LogP contribution in [0.25, 0.3) is 22.3 Å². The molecular weight excluding hydrogens is 416 g/mol. The number of hydrogen-bond donors (Lipinski definition) is 0. The van der Waals surface area contributed by atoms with Crippen molar-refractivity contribution in [2.75, 3.05) is 0 Å². The molecule has 0 aliphatic rings. The molecule has 0 atom stereocenters. The standard InChI is InChI=1S/C22H10F8/c1-11-2-3-14(16(23)6-11)12-7-19(26)21(20(27)8-12)13-9-17(24)15(18(25)10-13)4-5-22(28,29)30/h2-3,6-10H,1H3. The smallest absolute Gasteiger partial charge is 0.206 e. The zero-order chi connectivity index (χ0) is 22.2. The predicted molar refractivity (Wildman–Crippen MR) is 94.8 cm³/mol. The van der Waals surface area contributed by atoms with Crippen LogP contribution in [0.1, 0.15) is 11.1 Å². The van der Waals surface area contributed by atoms with Crippen molar-refractivity contribution in [1.29, 1.82) is 0 Å². The molecule has 0 aliphatic heterocycles. The number of rotatable bonds is 2. The van der Waals surface area contributed by atoms with Gasteiger partial charge in [-0.25, -0.2) is 22.0 Å². The van der Waals surface area contributed by atoms with Crippen molar-refractivity contribution in [2.24, 2.45) is 0 Å². The van der Waals surface area contributed by atoms with E-state index < -0.39 is 52.0 Å². The van der Waals surface area contributed by atoms with Gasteiger partial charge in [0.2, 0.25) is 0 Å². The monoisotopic (exact) mass is 426 g/mol. The summed E-state index contributed by atoms with van der Waals surface area (Å²) in [6.07, 6.45) is -4.98. The van der Waals surface area contributed by atoms with Gasteiger partial charge in [-0.2, -0.15) is 13.2 Å². The Morgan fingerprint density at radius 1 is 0.667 bits per heavy atom. The molecule has 0 aliphatic carbocycles. The van der Waals surface area contributed by atoms with Crippen molar-refractivity contribution in [1.82, 2.24) is 0 Å². The normalized spacial score (nSPS) is 11.2. The van der Waals surface area contributed by atoms with E-state index in [4.69, 9.17) is 0 Å². The Morgan fingerprint density at radius 3 is 1.70 bits per heavy atom. The third-order valence-electron chi connectivity index (χ3n) is 4.14. The maximum absolute atomic E-state index is 14.6. The highest BCUT2D eigenvalue weighted by atomic mass is 19.4. The van der Waals surface area contributed by atoms with E-state index in [1.807, 2.05) is 0 Å². The lowest BCUT2D eigenvalue weighted by molar-refractivity contribution is -0.0696. The molecule has 0 saturated heterocycles. The van der Waals surface area contributed by atoms with Gasteiger partial charge < -0.3 is 0 Å². The fraction of sp³-hybridized carbons (Fsp3) is 0.0909. The van der Waals surface area contributed by atoms with Gasteiger partial charge in [0.05, 0.1) is 11.1 Å². The van der Waals surface area contributed by atoms with E-state index in [1.54, 1.807) is 6.92 Å². The van der Waals surface area contributed by atoms with E-state index >= 15 is 0 Å². The number of halogens is 8. The van der Waals surface area contributed by atoms with Crippen LogP contribution < -0.4 is 0 Å². The number of alkyl halides is 3. The van der Waals surface area contributed by atoms with Crippen LogP contribution in [-0.4, -0.2) is 6.18 Å². The van der Waals surface area contributed by atoms with Crippen LogP contribution >= 0.6 is 0 Å². The van der Waals surface area contributed by atoms with Crippen LogP contribution in [0.3, 0.4) is 0 Å². The van der Waals surface area contributed by atoms with Crippen molar-refractivity contribution >= 4 is 0 Å². The van der Waals surface area contributed by atoms with E-state index in [0.717, 1.165) is 18.1 Å². The molecule has 30 heavy (non-hydrogen) atoms. The molecule has 0 heterocycles. The molecule has 3 aromatic carbocycles. The average molecular weight is 426 g/mol. The molecule has 0 radical (unpaired) electrons. The summed E-state index contributed by atoms with van der Waals surface area (Å²) in [5.74, 6) is -4.19. The summed E-state index contributed by atoms with van der Waals surface area (Å²) in [5, 5.41) is 0. The summed E-state index contributed by atoms with van der Waals surface area (Å²) in [7, 11) is 0. The third kappa shape index (κ3) is 4.46. The fourth-order valence-corrected chi connectivity index (χ4v) is 2.83. The lowest BCUT2D eigenvalue weighted by Crippen LogP contribution is -2.03. The highest BCUT2D eigenvalue weighted by Crippen LogP contribution is 2.33. The highest BCUT2D eigenvalue weighted by Gasteiger charge is 2.24. The molecule has 0 unspecified atom stereocenters. The second-order valence-corrected chi connectivity index (χ2v) is 6.36. The first-order chi connectivity index (χ1) is 14.0. The molecule has 0 spiro atoms. The molecule has 0 amide bonds. The Bertz CT molecular complexity index is 1150. The first-order valence-electron chi connectivity index (χ1n) is 8.31. The summed E-state index contributed by atoms with van der Waals surface area (Å²) < 4.78 is 108. The second kappa shape index (κ2) is 7.82. The van der Waals surface area contributed by atoms with E-state index in [0.29, 0.717) is 17.7 Å². The molecule has 0 N–H and O–H groups in total. The Morgan fingerprint density at radius 2 is 1.20 bits per heavy atom. The molecule has 8 heteroatoms. The molecule has 154 valence electrons. The molecule has 3 aromatic rings. The van der Waals surface area contributed by atoms with E-state index in [2.05, 4.69) is 0 Å². The first-order valence-corrected chi connectivity index (χ1v) is 8.31. The lowest BCUT2D eigenvalue weighted by atomic mass is 9.97. The molecule has 3 rings (SSSR count). The SMILES string of the molecule is Cc1ccc(-c2cc(F)c(-c3cc(F)c(C#CC(F)(F)F)c(F)c3)c(F)c2)c(F)c1. The molecule has 0 saturated carbocycles. The summed E-state index contributed by atoms with van der Waals surface area (Å²) in [6.45, 7) is 1.63. The fourth-order valence-electron chi connectivity index (χ4n) is 2.83. The lowest BCUT2D eigenvalue weighted by Gasteiger charge is -2.11. The predicted octanol–water partition coefficient (Wildman–Crippen LogP) is 6.94. The van der Waals surface area contributed by atoms with Gasteiger partial charge >= 0.3 is 6.18 Å². The third-order valence-corrected chi connectivity index (χ3v) is 4.14. The van der Waals surface area contributed by atoms with Crippen LogP contribution in [0.2, 0.25) is 0 Å². The van der Waals surface area contributed by atoms with Crippen LogP contribution in [0.4, 0.5) is 35.1 Å². The highest BCUT2D eigenvalue weighted by molar-refractivity contribution is 5.72. The Kier molecular flexibility index (Phi) is 5.57. The van der Waals surface area contributed by atoms with E-state index in [-0.39, 0.29) is 11.1 Å². The maximum Gasteiger partial charge on any atom is 0.458 e. The summed E-state index contributed by atoms with van der Waals surface area (Å²) in [6, 6.07) is 6.55. The minimum atomic E-state index is -4.98. The number of hydrogen-bond acceptors (Lipinski definition) is 0. The average Bonchev–Trinajstić information content (AvgIpc) is 2.59. The summed E-state index contributed by atoms with van der Waals surface area (Å²) in [4.78, 5) is 0. The van der Waals surface area contributed by atoms with Crippen LogP contribution in [0.5, 0.6) is 0 Å². The number of benzene rings is 3. The minimum absolute atomic E-state index is 0.0833. The van der Waals surface area contributed by atoms with E-state index in [1.165, 1.54) is 24.1 Å². The van der Waals surface area contributed by atoms with Gasteiger partial charge in [0, 0.05) is 11.5 Å². The maximum atomic E-state index is 14.6. The van der Waals surface area contributed by atoms with Crippen molar-refractivity contribution in [3.8, 4) is 34.1 Å². The summed E-state index contributed by atoms with van der Waals surface area (Å²) >= 11 is 0. The van der Waals surface area contributed by atoms with Crippen molar-refractivity contribution in [3.63, 3.8) is 0 Å². The topological polar surface area (TPSA) is 0 Å². The zero-order valence-electron chi connectivity index (χ0n) is 15.1. The van der Waals surface area contributed by atoms with Gasteiger partial charge in [0.15, 0.2) is 0 Å². The van der Waals surface area contributed by atoms with Crippen molar-refractivity contribution in [3.05, 3.63) is 82.7 Å². The van der Waals surface area contributed by atoms with E-state index in [9.17, 15) is 35.1 Å². The largest absolute Gasteiger partial charge is 0.458 e. The Balaban J connectivity index is 2.09. The van der Waals surface area contributed by atoms with Crippen molar-refractivity contribution < 1.29 is 35.1 Å². The molecule has 0 bridgehead atoms. The van der Waals surface area contributed by atoms with Gasteiger partial charge in [0.1, 0.15) is 29.1 Å². The van der Waals surface area contributed by atoms with Crippen LogP contribution in [-0.2, 0) is 0 Å². The Hall–Kier alpha value is -3.34. The van der Waals surface area contributed by atoms with Crippen molar-refractivity contribution in [2.45, 2.75) is 13.1 Å².